The Morgan fingerprint density at radius 2 is 2.00 bits per heavy atom. The second-order valence-corrected chi connectivity index (χ2v) is 3.63. The average molecular weight is 234 g/mol. The van der Waals surface area contributed by atoms with E-state index in [1.54, 1.807) is 13.2 Å². The second kappa shape index (κ2) is 7.49. The zero-order valence-corrected chi connectivity index (χ0v) is 10.3. The van der Waals surface area contributed by atoms with E-state index in [2.05, 4.69) is 6.92 Å². The average Bonchev–Trinajstić information content (AvgIpc) is 2.37. The van der Waals surface area contributed by atoms with Gasteiger partial charge in [-0.3, -0.25) is 0 Å². The monoisotopic (exact) mass is 234 g/mol. The van der Waals surface area contributed by atoms with Crippen LogP contribution < -0.4 is 4.74 Å². The van der Waals surface area contributed by atoms with Crippen molar-refractivity contribution >= 4 is 12.0 Å². The summed E-state index contributed by atoms with van der Waals surface area (Å²) in [6.07, 6.45) is 5.10. The molecule has 0 aliphatic carbocycles. The van der Waals surface area contributed by atoms with Crippen molar-refractivity contribution in [3.63, 3.8) is 0 Å². The first-order valence-corrected chi connectivity index (χ1v) is 5.75. The molecule has 0 bridgehead atoms. The molecule has 0 amide bonds. The number of rotatable bonds is 6. The maximum Gasteiger partial charge on any atom is 0.330 e. The fraction of sp³-hybridized carbons (Fsp3) is 0.357. The summed E-state index contributed by atoms with van der Waals surface area (Å²) >= 11 is 0. The maximum absolute atomic E-state index is 11.3. The lowest BCUT2D eigenvalue weighted by atomic mass is 10.2. The zero-order valence-electron chi connectivity index (χ0n) is 10.3. The molecule has 0 aliphatic rings. The van der Waals surface area contributed by atoms with Crippen LogP contribution in [-0.4, -0.2) is 19.7 Å². The summed E-state index contributed by atoms with van der Waals surface area (Å²) in [6.45, 7) is 2.54. The van der Waals surface area contributed by atoms with Gasteiger partial charge >= 0.3 is 5.97 Å². The minimum Gasteiger partial charge on any atom is -0.497 e. The van der Waals surface area contributed by atoms with Crippen molar-refractivity contribution in [3.8, 4) is 5.75 Å². The molecule has 0 fully saturated rings. The van der Waals surface area contributed by atoms with E-state index in [4.69, 9.17) is 9.47 Å². The molecule has 0 aliphatic heterocycles. The highest BCUT2D eigenvalue weighted by atomic mass is 16.5. The molecule has 3 heteroatoms. The van der Waals surface area contributed by atoms with Gasteiger partial charge in [-0.15, -0.1) is 0 Å². The SMILES string of the molecule is CCCCOC(=O)/C=C/c1ccc(OC)cc1. The molecule has 1 aromatic rings. The summed E-state index contributed by atoms with van der Waals surface area (Å²) in [4.78, 5) is 11.3. The summed E-state index contributed by atoms with van der Waals surface area (Å²) in [6, 6.07) is 7.47. The van der Waals surface area contributed by atoms with Crippen molar-refractivity contribution in [1.29, 1.82) is 0 Å². The molecule has 0 aromatic heterocycles. The van der Waals surface area contributed by atoms with E-state index in [0.29, 0.717) is 6.61 Å². The highest BCUT2D eigenvalue weighted by Gasteiger charge is 1.96. The van der Waals surface area contributed by atoms with E-state index in [1.807, 2.05) is 24.3 Å². The van der Waals surface area contributed by atoms with Crippen LogP contribution in [0.3, 0.4) is 0 Å². The molecule has 17 heavy (non-hydrogen) atoms. The molecule has 0 radical (unpaired) electrons. The van der Waals surface area contributed by atoms with Crippen LogP contribution in [0.15, 0.2) is 30.3 Å². The number of esters is 1. The Balaban J connectivity index is 2.43. The summed E-state index contributed by atoms with van der Waals surface area (Å²) in [7, 11) is 1.62. The predicted molar refractivity (Wildman–Crippen MR) is 67.9 cm³/mol. The van der Waals surface area contributed by atoms with Gasteiger partial charge in [0.15, 0.2) is 0 Å². The molecular weight excluding hydrogens is 216 g/mol. The van der Waals surface area contributed by atoms with E-state index in [1.165, 1.54) is 6.08 Å². The Morgan fingerprint density at radius 3 is 2.59 bits per heavy atom. The van der Waals surface area contributed by atoms with Crippen molar-refractivity contribution in [2.75, 3.05) is 13.7 Å². The number of hydrogen-bond donors (Lipinski definition) is 0. The van der Waals surface area contributed by atoms with Crippen molar-refractivity contribution < 1.29 is 14.3 Å². The van der Waals surface area contributed by atoms with Crippen LogP contribution in [0.25, 0.3) is 6.08 Å². The van der Waals surface area contributed by atoms with Gasteiger partial charge in [0.05, 0.1) is 13.7 Å². The minimum absolute atomic E-state index is 0.297. The third kappa shape index (κ3) is 5.20. The number of hydrogen-bond acceptors (Lipinski definition) is 3. The van der Waals surface area contributed by atoms with Crippen LogP contribution in [-0.2, 0) is 9.53 Å². The summed E-state index contributed by atoms with van der Waals surface area (Å²) in [5.41, 5.74) is 0.943. The van der Waals surface area contributed by atoms with Gasteiger partial charge in [0, 0.05) is 6.08 Å². The second-order valence-electron chi connectivity index (χ2n) is 3.63. The smallest absolute Gasteiger partial charge is 0.330 e. The summed E-state index contributed by atoms with van der Waals surface area (Å²) < 4.78 is 10.0. The van der Waals surface area contributed by atoms with E-state index in [-0.39, 0.29) is 5.97 Å². The maximum atomic E-state index is 11.3. The van der Waals surface area contributed by atoms with Gasteiger partial charge in [-0.25, -0.2) is 4.79 Å². The fourth-order valence-electron chi connectivity index (χ4n) is 1.24. The van der Waals surface area contributed by atoms with Gasteiger partial charge in [-0.1, -0.05) is 25.5 Å². The lowest BCUT2D eigenvalue weighted by Crippen LogP contribution is -2.01. The number of benzene rings is 1. The third-order valence-electron chi connectivity index (χ3n) is 2.27. The normalized spacial score (nSPS) is 10.5. The van der Waals surface area contributed by atoms with E-state index >= 15 is 0 Å². The molecule has 0 unspecified atom stereocenters. The van der Waals surface area contributed by atoms with Crippen LogP contribution in [0, 0.1) is 0 Å². The molecule has 0 saturated heterocycles. The van der Waals surface area contributed by atoms with Crippen molar-refractivity contribution in [2.45, 2.75) is 19.8 Å². The molecule has 1 rings (SSSR count). The van der Waals surface area contributed by atoms with Crippen molar-refractivity contribution in [3.05, 3.63) is 35.9 Å². The molecule has 0 atom stereocenters. The van der Waals surface area contributed by atoms with Crippen molar-refractivity contribution in [1.82, 2.24) is 0 Å². The molecule has 0 heterocycles. The number of ether oxygens (including phenoxy) is 2. The van der Waals surface area contributed by atoms with Crippen molar-refractivity contribution in [2.24, 2.45) is 0 Å². The highest BCUT2D eigenvalue weighted by molar-refractivity contribution is 5.87. The Bertz CT molecular complexity index is 366. The Hall–Kier alpha value is -1.77. The molecule has 1 aromatic carbocycles. The largest absolute Gasteiger partial charge is 0.497 e. The van der Waals surface area contributed by atoms with Crippen LogP contribution in [0.1, 0.15) is 25.3 Å². The first kappa shape index (κ1) is 13.3. The number of unbranched alkanes of at least 4 members (excludes halogenated alkanes) is 1. The molecular formula is C14H18O3. The molecule has 92 valence electrons. The number of carbonyl (C=O) groups is 1. The topological polar surface area (TPSA) is 35.5 Å². The van der Waals surface area contributed by atoms with Crippen LogP contribution in [0.5, 0.6) is 5.75 Å². The Morgan fingerprint density at radius 1 is 1.29 bits per heavy atom. The highest BCUT2D eigenvalue weighted by Crippen LogP contribution is 2.12. The van der Waals surface area contributed by atoms with Gasteiger partial charge in [0.1, 0.15) is 5.75 Å². The molecule has 0 saturated carbocycles. The molecule has 3 nitrogen and oxygen atoms in total. The third-order valence-corrected chi connectivity index (χ3v) is 2.27. The number of methoxy groups -OCH3 is 1. The van der Waals surface area contributed by atoms with Crippen LogP contribution in [0.4, 0.5) is 0 Å². The van der Waals surface area contributed by atoms with E-state index in [0.717, 1.165) is 24.2 Å². The number of carbonyl (C=O) groups excluding carboxylic acids is 1. The predicted octanol–water partition coefficient (Wildman–Crippen LogP) is 3.05. The first-order valence-electron chi connectivity index (χ1n) is 5.75. The lowest BCUT2D eigenvalue weighted by Gasteiger charge is -2.00. The summed E-state index contributed by atoms with van der Waals surface area (Å²) in [5, 5.41) is 0. The fourth-order valence-corrected chi connectivity index (χ4v) is 1.24. The first-order chi connectivity index (χ1) is 8.26. The van der Waals surface area contributed by atoms with Gasteiger partial charge < -0.3 is 9.47 Å². The van der Waals surface area contributed by atoms with Gasteiger partial charge in [-0.05, 0) is 30.2 Å². The van der Waals surface area contributed by atoms with Crippen LogP contribution >= 0.6 is 0 Å². The summed E-state index contributed by atoms with van der Waals surface area (Å²) in [5.74, 6) is 0.502. The standard InChI is InChI=1S/C14H18O3/c1-3-4-11-17-14(15)10-7-12-5-8-13(16-2)9-6-12/h5-10H,3-4,11H2,1-2H3/b10-7+. The Labute approximate surface area is 102 Å². The zero-order chi connectivity index (χ0) is 12.5. The lowest BCUT2D eigenvalue weighted by molar-refractivity contribution is -0.137. The van der Waals surface area contributed by atoms with Crippen LogP contribution in [0.2, 0.25) is 0 Å². The van der Waals surface area contributed by atoms with Gasteiger partial charge in [-0.2, -0.15) is 0 Å². The molecule has 0 spiro atoms. The van der Waals surface area contributed by atoms with Gasteiger partial charge in [0.2, 0.25) is 0 Å². The van der Waals surface area contributed by atoms with E-state index < -0.39 is 0 Å². The van der Waals surface area contributed by atoms with Gasteiger partial charge in [0.25, 0.3) is 0 Å². The molecule has 0 N–H and O–H groups in total. The van der Waals surface area contributed by atoms with E-state index in [9.17, 15) is 4.79 Å². The Kier molecular flexibility index (Phi) is 5.86. The minimum atomic E-state index is -0.297. The quantitative estimate of drug-likeness (QED) is 0.431.